The molecule has 2 aliphatic carbocycles. The van der Waals surface area contributed by atoms with Crippen LogP contribution in [-0.4, -0.2) is 42.5 Å². The lowest BCUT2D eigenvalue weighted by Crippen LogP contribution is -2.52. The van der Waals surface area contributed by atoms with E-state index in [4.69, 9.17) is 10.5 Å². The van der Waals surface area contributed by atoms with Gasteiger partial charge in [0.15, 0.2) is 0 Å². The second kappa shape index (κ2) is 6.70. The Labute approximate surface area is 142 Å². The number of hydrogen-bond donors (Lipinski definition) is 3. The van der Waals surface area contributed by atoms with Crippen LogP contribution >= 0.6 is 0 Å². The number of carbonyl (C=O) groups is 3. The number of carbonyl (C=O) groups excluding carboxylic acids is 3. The van der Waals surface area contributed by atoms with Gasteiger partial charge in [-0.05, 0) is 44.4 Å². The maximum atomic E-state index is 12.3. The molecule has 1 aliphatic heterocycles. The Hall–Kier alpha value is -1.63. The molecule has 3 rings (SSSR count). The summed E-state index contributed by atoms with van der Waals surface area (Å²) in [4.78, 5) is 36.5. The highest BCUT2D eigenvalue weighted by Crippen LogP contribution is 2.44. The van der Waals surface area contributed by atoms with Crippen LogP contribution in [0, 0.1) is 11.8 Å². The van der Waals surface area contributed by atoms with Crippen LogP contribution < -0.4 is 16.4 Å². The molecular weight excluding hydrogens is 310 g/mol. The molecule has 1 unspecified atom stereocenters. The number of nitrogens with two attached hydrogens (primary N) is 1. The average Bonchev–Trinajstić information content (AvgIpc) is 3.47. The predicted octanol–water partition coefficient (Wildman–Crippen LogP) is 0.221. The lowest BCUT2D eigenvalue weighted by molar-refractivity contribution is -0.146. The van der Waals surface area contributed by atoms with Crippen LogP contribution in [0.1, 0.15) is 51.4 Å². The zero-order chi connectivity index (χ0) is 17.3. The standard InChI is InChI=1S/C17H27N3O4/c1-24-16(23)13(19-15(22)12(18)8-10-2-3-10)9-11-4-5-17(6-7-17)20-14(11)21/h10-13H,2-9,18H2,1H3,(H,19,22)(H,20,21)/t11?,12-,13-/m0/s1. The van der Waals surface area contributed by atoms with Gasteiger partial charge in [-0.1, -0.05) is 12.8 Å². The first-order chi connectivity index (χ1) is 11.4. The molecule has 1 saturated heterocycles. The minimum atomic E-state index is -0.822. The van der Waals surface area contributed by atoms with E-state index in [1.807, 2.05) is 0 Å². The molecule has 4 N–H and O–H groups in total. The highest BCUT2D eigenvalue weighted by Gasteiger charge is 2.48. The number of hydrogen-bond acceptors (Lipinski definition) is 5. The van der Waals surface area contributed by atoms with Crippen LogP contribution in [-0.2, 0) is 19.1 Å². The highest BCUT2D eigenvalue weighted by molar-refractivity contribution is 5.88. The van der Waals surface area contributed by atoms with Gasteiger partial charge in [-0.25, -0.2) is 4.79 Å². The Balaban J connectivity index is 1.55. The van der Waals surface area contributed by atoms with Crippen molar-refractivity contribution in [2.24, 2.45) is 17.6 Å². The number of nitrogens with one attached hydrogen (secondary N) is 2. The van der Waals surface area contributed by atoms with Gasteiger partial charge in [-0.3, -0.25) is 9.59 Å². The van der Waals surface area contributed by atoms with Gasteiger partial charge in [0.25, 0.3) is 0 Å². The molecule has 2 saturated carbocycles. The Morgan fingerprint density at radius 1 is 1.29 bits per heavy atom. The third kappa shape index (κ3) is 4.06. The van der Waals surface area contributed by atoms with Gasteiger partial charge in [-0.2, -0.15) is 0 Å². The van der Waals surface area contributed by atoms with Crippen molar-refractivity contribution in [3.8, 4) is 0 Å². The van der Waals surface area contributed by atoms with Crippen molar-refractivity contribution in [1.82, 2.24) is 10.6 Å². The molecule has 3 fully saturated rings. The summed E-state index contributed by atoms with van der Waals surface area (Å²) in [5.41, 5.74) is 5.93. The molecule has 7 heteroatoms. The van der Waals surface area contributed by atoms with E-state index < -0.39 is 18.1 Å². The van der Waals surface area contributed by atoms with E-state index in [9.17, 15) is 14.4 Å². The van der Waals surface area contributed by atoms with Crippen LogP contribution in [0.2, 0.25) is 0 Å². The van der Waals surface area contributed by atoms with Crippen LogP contribution in [0.3, 0.4) is 0 Å². The quantitative estimate of drug-likeness (QED) is 0.576. The Kier molecular flexibility index (Phi) is 4.80. The molecule has 3 aliphatic rings. The second-order valence-corrected chi connectivity index (χ2v) is 7.61. The van der Waals surface area contributed by atoms with Gasteiger partial charge in [-0.15, -0.1) is 0 Å². The van der Waals surface area contributed by atoms with Crippen molar-refractivity contribution in [2.75, 3.05) is 7.11 Å². The second-order valence-electron chi connectivity index (χ2n) is 7.61. The summed E-state index contributed by atoms with van der Waals surface area (Å²) in [6.45, 7) is 0. The van der Waals surface area contributed by atoms with Crippen LogP contribution in [0.25, 0.3) is 0 Å². The monoisotopic (exact) mass is 337 g/mol. The normalized spacial score (nSPS) is 27.1. The SMILES string of the molecule is COC(=O)[C@H](CC1CCC2(CC2)NC1=O)NC(=O)[C@@H](N)CC1CC1. The Morgan fingerprint density at radius 3 is 2.54 bits per heavy atom. The maximum absolute atomic E-state index is 12.3. The fraction of sp³-hybridized carbons (Fsp3) is 0.824. The molecule has 24 heavy (non-hydrogen) atoms. The van der Waals surface area contributed by atoms with Gasteiger partial charge in [0.2, 0.25) is 11.8 Å². The number of piperidine rings is 1. The van der Waals surface area contributed by atoms with Crippen molar-refractivity contribution < 1.29 is 19.1 Å². The topological polar surface area (TPSA) is 111 Å². The number of esters is 1. The number of amides is 2. The first-order valence-electron chi connectivity index (χ1n) is 8.88. The number of methoxy groups -OCH3 is 1. The van der Waals surface area contributed by atoms with E-state index in [0.29, 0.717) is 12.3 Å². The van der Waals surface area contributed by atoms with Crippen molar-refractivity contribution in [3.63, 3.8) is 0 Å². The molecule has 0 aromatic rings. The molecule has 1 heterocycles. The molecule has 3 atom stereocenters. The highest BCUT2D eigenvalue weighted by atomic mass is 16.5. The largest absolute Gasteiger partial charge is 0.467 e. The molecule has 0 aromatic heterocycles. The lowest BCUT2D eigenvalue weighted by Gasteiger charge is -2.31. The summed E-state index contributed by atoms with van der Waals surface area (Å²) in [6.07, 6.45) is 6.90. The van der Waals surface area contributed by atoms with E-state index >= 15 is 0 Å². The fourth-order valence-corrected chi connectivity index (χ4v) is 3.50. The molecule has 134 valence electrons. The third-order valence-corrected chi connectivity index (χ3v) is 5.53. The zero-order valence-corrected chi connectivity index (χ0v) is 14.2. The maximum Gasteiger partial charge on any atom is 0.328 e. The average molecular weight is 337 g/mol. The smallest absolute Gasteiger partial charge is 0.328 e. The van der Waals surface area contributed by atoms with E-state index in [0.717, 1.165) is 38.5 Å². The van der Waals surface area contributed by atoms with Gasteiger partial charge in [0.1, 0.15) is 6.04 Å². The van der Waals surface area contributed by atoms with Gasteiger partial charge in [0, 0.05) is 11.5 Å². The van der Waals surface area contributed by atoms with E-state index in [1.165, 1.54) is 7.11 Å². The molecule has 1 spiro atoms. The molecule has 0 radical (unpaired) electrons. The molecular formula is C17H27N3O4. The van der Waals surface area contributed by atoms with Crippen molar-refractivity contribution in [2.45, 2.75) is 69.0 Å². The van der Waals surface area contributed by atoms with Crippen LogP contribution in [0.4, 0.5) is 0 Å². The number of ether oxygens (including phenoxy) is 1. The van der Waals surface area contributed by atoms with Crippen LogP contribution in [0.15, 0.2) is 0 Å². The van der Waals surface area contributed by atoms with E-state index in [-0.39, 0.29) is 29.7 Å². The minimum absolute atomic E-state index is 0.0181. The molecule has 0 aromatic carbocycles. The zero-order valence-electron chi connectivity index (χ0n) is 14.2. The number of rotatable bonds is 7. The first kappa shape index (κ1) is 17.2. The minimum Gasteiger partial charge on any atom is -0.467 e. The summed E-state index contributed by atoms with van der Waals surface area (Å²) in [6, 6.07) is -1.43. The lowest BCUT2D eigenvalue weighted by atomic mass is 9.87. The van der Waals surface area contributed by atoms with E-state index in [2.05, 4.69) is 10.6 Å². The van der Waals surface area contributed by atoms with Crippen LogP contribution in [0.5, 0.6) is 0 Å². The molecule has 7 nitrogen and oxygen atoms in total. The first-order valence-corrected chi connectivity index (χ1v) is 8.88. The summed E-state index contributed by atoms with van der Waals surface area (Å²) in [7, 11) is 1.28. The van der Waals surface area contributed by atoms with Gasteiger partial charge in [0.05, 0.1) is 13.2 Å². The fourth-order valence-electron chi connectivity index (χ4n) is 3.50. The summed E-state index contributed by atoms with van der Waals surface area (Å²) in [5, 5.41) is 5.75. The molecule has 2 amide bonds. The van der Waals surface area contributed by atoms with Gasteiger partial charge >= 0.3 is 5.97 Å². The third-order valence-electron chi connectivity index (χ3n) is 5.53. The summed E-state index contributed by atoms with van der Waals surface area (Å²) in [5.74, 6) is -0.640. The summed E-state index contributed by atoms with van der Waals surface area (Å²) < 4.78 is 4.79. The Bertz CT molecular complexity index is 528. The van der Waals surface area contributed by atoms with Crippen molar-refractivity contribution in [1.29, 1.82) is 0 Å². The van der Waals surface area contributed by atoms with Gasteiger partial charge < -0.3 is 21.1 Å². The van der Waals surface area contributed by atoms with E-state index in [1.54, 1.807) is 0 Å². The molecule has 0 bridgehead atoms. The van der Waals surface area contributed by atoms with Crippen molar-refractivity contribution in [3.05, 3.63) is 0 Å². The van der Waals surface area contributed by atoms with Crippen molar-refractivity contribution >= 4 is 17.8 Å². The predicted molar refractivity (Wildman–Crippen MR) is 86.7 cm³/mol. The summed E-state index contributed by atoms with van der Waals surface area (Å²) >= 11 is 0. The Morgan fingerprint density at radius 2 is 2.00 bits per heavy atom.